The van der Waals surface area contributed by atoms with Gasteiger partial charge in [0.05, 0.1) is 23.2 Å². The molecule has 1 unspecified atom stereocenters. The van der Waals surface area contributed by atoms with E-state index in [2.05, 4.69) is 27.0 Å². The minimum atomic E-state index is -0.684. The number of benzene rings is 2. The van der Waals surface area contributed by atoms with Crippen LogP contribution in [0.3, 0.4) is 0 Å². The van der Waals surface area contributed by atoms with E-state index in [1.54, 1.807) is 30.0 Å². The molecule has 198 valence electrons. The molecule has 2 aromatic carbocycles. The van der Waals surface area contributed by atoms with E-state index in [4.69, 9.17) is 25.8 Å². The fourth-order valence-electron chi connectivity index (χ4n) is 4.39. The minimum absolute atomic E-state index is 0.0898. The maximum absolute atomic E-state index is 9.90. The van der Waals surface area contributed by atoms with Crippen molar-refractivity contribution >= 4 is 39.5 Å². The number of rotatable bonds is 9. The highest BCUT2D eigenvalue weighted by Crippen LogP contribution is 2.37. The molecule has 39 heavy (non-hydrogen) atoms. The van der Waals surface area contributed by atoms with Crippen molar-refractivity contribution < 1.29 is 19.3 Å². The first-order valence-corrected chi connectivity index (χ1v) is 12.6. The molecule has 1 aliphatic rings. The van der Waals surface area contributed by atoms with Gasteiger partial charge >= 0.3 is 0 Å². The average molecular weight is 545 g/mol. The Morgan fingerprint density at radius 2 is 1.97 bits per heavy atom. The first-order valence-electron chi connectivity index (χ1n) is 12.2. The Hall–Kier alpha value is -4.38. The van der Waals surface area contributed by atoms with E-state index >= 15 is 0 Å². The van der Waals surface area contributed by atoms with Gasteiger partial charge < -0.3 is 24.6 Å². The van der Waals surface area contributed by atoms with Gasteiger partial charge in [0.15, 0.2) is 11.5 Å². The Morgan fingerprint density at radius 1 is 1.10 bits per heavy atom. The smallest absolute Gasteiger partial charge is 0.162 e. The van der Waals surface area contributed by atoms with Gasteiger partial charge in [-0.2, -0.15) is 5.10 Å². The third-order valence-electron chi connectivity index (χ3n) is 6.47. The normalized spacial score (nSPS) is 14.6. The molecule has 10 nitrogen and oxygen atoms in total. The molecule has 1 fully saturated rings. The molecule has 0 amide bonds. The van der Waals surface area contributed by atoms with Crippen molar-refractivity contribution in [1.82, 2.24) is 24.5 Å². The van der Waals surface area contributed by atoms with Crippen molar-refractivity contribution in [2.75, 3.05) is 25.5 Å². The van der Waals surface area contributed by atoms with Crippen LogP contribution < -0.4 is 19.5 Å². The number of hydrogen-bond donors (Lipinski definition) is 2. The van der Waals surface area contributed by atoms with Crippen molar-refractivity contribution in [1.29, 1.82) is 0 Å². The number of fused-ring (bicyclic) bond motifs is 2. The van der Waals surface area contributed by atoms with Crippen LogP contribution in [0.5, 0.6) is 23.0 Å². The fraction of sp³-hybridized carbons (Fsp3) is 0.179. The zero-order valence-corrected chi connectivity index (χ0v) is 21.7. The molecule has 6 rings (SSSR count). The molecule has 11 heteroatoms. The van der Waals surface area contributed by atoms with Gasteiger partial charge in [-0.25, -0.2) is 14.5 Å². The van der Waals surface area contributed by atoms with Gasteiger partial charge in [0, 0.05) is 48.7 Å². The Bertz CT molecular complexity index is 1670. The van der Waals surface area contributed by atoms with Crippen LogP contribution >= 0.6 is 11.6 Å². The molecular weight excluding hydrogens is 520 g/mol. The summed E-state index contributed by atoms with van der Waals surface area (Å²) < 4.78 is 19.5. The summed E-state index contributed by atoms with van der Waals surface area (Å²) in [6.45, 7) is 4.78. The number of aliphatic hydroxyl groups is 1. The largest absolute Gasteiger partial charge is 0.493 e. The molecule has 1 aliphatic heterocycles. The third-order valence-corrected chi connectivity index (χ3v) is 6.76. The summed E-state index contributed by atoms with van der Waals surface area (Å²) in [4.78, 5) is 10.7. The quantitative estimate of drug-likeness (QED) is 0.247. The van der Waals surface area contributed by atoms with E-state index in [9.17, 15) is 5.11 Å². The van der Waals surface area contributed by atoms with Crippen LogP contribution in [0, 0.1) is 0 Å². The fourth-order valence-corrected chi connectivity index (χ4v) is 4.61. The summed E-state index contributed by atoms with van der Waals surface area (Å²) in [6, 6.07) is 14.7. The highest BCUT2D eigenvalue weighted by molar-refractivity contribution is 6.32. The number of aromatic nitrogens is 4. The number of hydrogen-bond acceptors (Lipinski definition) is 9. The van der Waals surface area contributed by atoms with E-state index in [-0.39, 0.29) is 6.10 Å². The highest BCUT2D eigenvalue weighted by Gasteiger charge is 2.32. The molecule has 1 saturated heterocycles. The van der Waals surface area contributed by atoms with Gasteiger partial charge in [0.25, 0.3) is 0 Å². The topological polar surface area (TPSA) is 106 Å². The van der Waals surface area contributed by atoms with Crippen LogP contribution in [0.15, 0.2) is 79.9 Å². The van der Waals surface area contributed by atoms with Crippen molar-refractivity contribution in [3.8, 4) is 23.0 Å². The minimum Gasteiger partial charge on any atom is -0.493 e. The van der Waals surface area contributed by atoms with Crippen LogP contribution in [-0.4, -0.2) is 62.1 Å². The molecule has 2 N–H and O–H groups in total. The second-order valence-corrected chi connectivity index (χ2v) is 9.43. The first-order chi connectivity index (χ1) is 19.0. The lowest BCUT2D eigenvalue weighted by molar-refractivity contribution is -0.0674. The number of halogens is 1. The number of pyridine rings is 1. The molecule has 0 bridgehead atoms. The molecule has 0 radical (unpaired) electrons. The molecule has 5 aromatic rings. The summed E-state index contributed by atoms with van der Waals surface area (Å²) in [7, 11) is 1.59. The number of methoxy groups -OCH3 is 1. The Morgan fingerprint density at radius 3 is 2.77 bits per heavy atom. The Balaban J connectivity index is 1.22. The summed E-state index contributed by atoms with van der Waals surface area (Å²) in [6.07, 6.45) is 5.76. The number of aliphatic hydroxyl groups excluding tert-OH is 1. The molecule has 0 spiro atoms. The van der Waals surface area contributed by atoms with Crippen molar-refractivity contribution in [2.45, 2.75) is 12.3 Å². The molecule has 0 saturated carbocycles. The zero-order valence-electron chi connectivity index (χ0n) is 21.0. The molecule has 0 aliphatic carbocycles. The van der Waals surface area contributed by atoms with Crippen LogP contribution in [0.4, 0.5) is 11.5 Å². The summed E-state index contributed by atoms with van der Waals surface area (Å²) in [5, 5.41) is 18.6. The monoisotopic (exact) mass is 544 g/mol. The summed E-state index contributed by atoms with van der Waals surface area (Å²) in [5.74, 6) is 2.89. The summed E-state index contributed by atoms with van der Waals surface area (Å²) in [5.41, 5.74) is 2.33. The lowest BCUT2D eigenvalue weighted by atomic mass is 10.1. The molecule has 4 heterocycles. The maximum Gasteiger partial charge on any atom is 0.162 e. The molecule has 1 atom stereocenters. The van der Waals surface area contributed by atoms with Gasteiger partial charge in [-0.05, 0) is 42.5 Å². The van der Waals surface area contributed by atoms with Crippen molar-refractivity contribution in [3.63, 3.8) is 0 Å². The zero-order chi connectivity index (χ0) is 26.9. The number of ether oxygens (including phenoxy) is 3. The van der Waals surface area contributed by atoms with Gasteiger partial charge in [0.1, 0.15) is 36.0 Å². The lowest BCUT2D eigenvalue weighted by Gasteiger charge is -2.40. The van der Waals surface area contributed by atoms with Crippen LogP contribution in [0.2, 0.25) is 5.02 Å². The van der Waals surface area contributed by atoms with Crippen LogP contribution in [0.25, 0.3) is 16.4 Å². The van der Waals surface area contributed by atoms with Crippen molar-refractivity contribution in [2.24, 2.45) is 0 Å². The van der Waals surface area contributed by atoms with E-state index in [1.165, 1.54) is 12.4 Å². The third kappa shape index (κ3) is 5.05. The number of nitrogens with one attached hydrogen (secondary N) is 1. The number of likely N-dealkylation sites (tertiary alicyclic amines) is 1. The molecule has 3 aromatic heterocycles. The van der Waals surface area contributed by atoms with Crippen LogP contribution in [0.1, 0.15) is 0 Å². The number of anilines is 2. The van der Waals surface area contributed by atoms with E-state index in [1.807, 2.05) is 47.5 Å². The first kappa shape index (κ1) is 24.9. The van der Waals surface area contributed by atoms with E-state index in [0.29, 0.717) is 52.4 Å². The Labute approximate surface area is 229 Å². The average Bonchev–Trinajstić information content (AvgIpc) is 3.39. The summed E-state index contributed by atoms with van der Waals surface area (Å²) >= 11 is 6.57. The Kier molecular flexibility index (Phi) is 6.65. The standard InChI is InChI=1S/C28H25ClN6O4/c1-3-27(36)34-14-20(15-34)39-26-12-21-23(13-25(26)37-2)30-16-31-28(21)33-17-4-5-24(22(29)10-17)38-19-7-9-35-18(11-19)6-8-32-35/h3-13,16,20,27,36H,1,14-15H2,2H3,(H,30,31,33). The van der Waals surface area contributed by atoms with Crippen molar-refractivity contribution in [3.05, 3.63) is 84.9 Å². The van der Waals surface area contributed by atoms with Gasteiger partial charge in [-0.15, -0.1) is 0 Å². The van der Waals surface area contributed by atoms with Crippen LogP contribution in [-0.2, 0) is 0 Å². The highest BCUT2D eigenvalue weighted by atomic mass is 35.5. The van der Waals surface area contributed by atoms with Gasteiger partial charge in [-0.1, -0.05) is 18.2 Å². The second kappa shape index (κ2) is 10.4. The second-order valence-electron chi connectivity index (χ2n) is 9.02. The lowest BCUT2D eigenvalue weighted by Crippen LogP contribution is -2.57. The van der Waals surface area contributed by atoms with Gasteiger partial charge in [0.2, 0.25) is 0 Å². The molecular formula is C28H25ClN6O4. The van der Waals surface area contributed by atoms with E-state index in [0.717, 1.165) is 16.6 Å². The van der Waals surface area contributed by atoms with E-state index < -0.39 is 6.23 Å². The SMILES string of the molecule is C=CC(O)N1CC(Oc2cc3c(Nc4ccc(Oc5ccn6nccc6c5)c(Cl)c4)ncnc3cc2OC)C1. The maximum atomic E-state index is 9.90. The number of nitrogens with zero attached hydrogens (tertiary/aromatic N) is 5. The predicted octanol–water partition coefficient (Wildman–Crippen LogP) is 5.04. The van der Waals surface area contributed by atoms with Gasteiger partial charge in [-0.3, -0.25) is 4.90 Å². The predicted molar refractivity (Wildman–Crippen MR) is 148 cm³/mol.